The van der Waals surface area contributed by atoms with Gasteiger partial charge in [-0.3, -0.25) is 14.9 Å². The van der Waals surface area contributed by atoms with Crippen LogP contribution in [0.25, 0.3) is 6.08 Å². The van der Waals surface area contributed by atoms with Crippen LogP contribution in [0.15, 0.2) is 41.3 Å². The van der Waals surface area contributed by atoms with Gasteiger partial charge in [0, 0.05) is 17.0 Å². The SMILES string of the molecule is CCS(=O)(=O)c1ccc(O)c(NC(=O)/C=C/c2ccc([N+](=O)[O-])s2)c1. The molecule has 25 heavy (non-hydrogen) atoms. The van der Waals surface area contributed by atoms with Crippen LogP contribution in [0, 0.1) is 10.1 Å². The maximum atomic E-state index is 11.9. The minimum atomic E-state index is -3.48. The van der Waals surface area contributed by atoms with Gasteiger partial charge in [0.15, 0.2) is 9.84 Å². The van der Waals surface area contributed by atoms with Crippen molar-refractivity contribution >= 4 is 43.8 Å². The van der Waals surface area contributed by atoms with Crippen molar-refractivity contribution in [1.82, 2.24) is 0 Å². The van der Waals surface area contributed by atoms with Crippen LogP contribution < -0.4 is 5.32 Å². The van der Waals surface area contributed by atoms with Crippen LogP contribution in [0.3, 0.4) is 0 Å². The van der Waals surface area contributed by atoms with Crippen LogP contribution in [0.5, 0.6) is 5.75 Å². The number of carbonyl (C=O) groups is 1. The molecular weight excluding hydrogens is 368 g/mol. The number of nitro groups is 1. The van der Waals surface area contributed by atoms with Crippen molar-refractivity contribution in [3.8, 4) is 5.75 Å². The maximum Gasteiger partial charge on any atom is 0.324 e. The highest BCUT2D eigenvalue weighted by Crippen LogP contribution is 2.27. The summed E-state index contributed by atoms with van der Waals surface area (Å²) in [6.07, 6.45) is 2.52. The number of aromatic hydroxyl groups is 1. The van der Waals surface area contributed by atoms with E-state index in [4.69, 9.17) is 0 Å². The molecule has 2 rings (SSSR count). The number of nitrogens with one attached hydrogen (secondary N) is 1. The summed E-state index contributed by atoms with van der Waals surface area (Å²) in [6, 6.07) is 6.44. The van der Waals surface area contributed by atoms with Crippen LogP contribution in [-0.4, -0.2) is 30.1 Å². The first-order chi connectivity index (χ1) is 11.7. The maximum absolute atomic E-state index is 11.9. The topological polar surface area (TPSA) is 127 Å². The van der Waals surface area contributed by atoms with Crippen molar-refractivity contribution in [2.75, 3.05) is 11.1 Å². The van der Waals surface area contributed by atoms with Gasteiger partial charge in [0.2, 0.25) is 5.91 Å². The molecule has 2 N–H and O–H groups in total. The minimum Gasteiger partial charge on any atom is -0.506 e. The van der Waals surface area contributed by atoms with E-state index in [2.05, 4.69) is 5.32 Å². The number of rotatable bonds is 6. The summed E-state index contributed by atoms with van der Waals surface area (Å²) < 4.78 is 23.7. The molecule has 0 aliphatic heterocycles. The van der Waals surface area contributed by atoms with E-state index in [1.807, 2.05) is 0 Å². The Balaban J connectivity index is 2.15. The zero-order valence-corrected chi connectivity index (χ0v) is 14.6. The molecule has 0 fully saturated rings. The molecule has 1 heterocycles. The fourth-order valence-electron chi connectivity index (χ4n) is 1.84. The highest BCUT2D eigenvalue weighted by molar-refractivity contribution is 7.91. The average molecular weight is 382 g/mol. The molecule has 1 amide bonds. The quantitative estimate of drug-likeness (QED) is 0.342. The van der Waals surface area contributed by atoms with Crippen molar-refractivity contribution in [3.05, 3.63) is 51.4 Å². The molecule has 2 aromatic rings. The molecule has 132 valence electrons. The lowest BCUT2D eigenvalue weighted by molar-refractivity contribution is -0.380. The predicted molar refractivity (Wildman–Crippen MR) is 94.5 cm³/mol. The van der Waals surface area contributed by atoms with Crippen molar-refractivity contribution in [2.24, 2.45) is 0 Å². The van der Waals surface area contributed by atoms with Gasteiger partial charge in [-0.2, -0.15) is 0 Å². The van der Waals surface area contributed by atoms with Gasteiger partial charge in [-0.05, 0) is 30.3 Å². The standard InChI is InChI=1S/C15H14N2O6S2/c1-2-25(22,23)11-5-6-13(18)12(9-11)16-14(19)7-3-10-4-8-15(24-10)17(20)21/h3-9,18H,2H2,1H3,(H,16,19)/b7-3+. The molecule has 0 spiro atoms. The lowest BCUT2D eigenvalue weighted by Gasteiger charge is -2.08. The number of benzene rings is 1. The highest BCUT2D eigenvalue weighted by atomic mass is 32.2. The Bertz CT molecular complexity index is 947. The number of anilines is 1. The number of phenols is 1. The molecule has 0 saturated carbocycles. The van der Waals surface area contributed by atoms with E-state index in [1.54, 1.807) is 0 Å². The summed E-state index contributed by atoms with van der Waals surface area (Å²) in [5, 5.41) is 22.7. The number of carbonyl (C=O) groups excluding carboxylic acids is 1. The Morgan fingerprint density at radius 2 is 2.08 bits per heavy atom. The summed E-state index contributed by atoms with van der Waals surface area (Å²) in [6.45, 7) is 1.49. The van der Waals surface area contributed by atoms with Gasteiger partial charge in [0.25, 0.3) is 0 Å². The normalized spacial score (nSPS) is 11.6. The molecule has 0 saturated heterocycles. The third-order valence-corrected chi connectivity index (χ3v) is 5.89. The van der Waals surface area contributed by atoms with Crippen LogP contribution in [0.1, 0.15) is 11.8 Å². The Labute approximate surface area is 147 Å². The summed E-state index contributed by atoms with van der Waals surface area (Å²) in [7, 11) is -3.48. The molecule has 0 bridgehead atoms. The monoisotopic (exact) mass is 382 g/mol. The Morgan fingerprint density at radius 1 is 1.36 bits per heavy atom. The van der Waals surface area contributed by atoms with Crippen LogP contribution in [-0.2, 0) is 14.6 Å². The van der Waals surface area contributed by atoms with Gasteiger partial charge in [-0.15, -0.1) is 0 Å². The number of thiophene rings is 1. The molecule has 0 unspecified atom stereocenters. The smallest absolute Gasteiger partial charge is 0.324 e. The van der Waals surface area contributed by atoms with E-state index < -0.39 is 20.7 Å². The van der Waals surface area contributed by atoms with E-state index in [1.165, 1.54) is 43.3 Å². The predicted octanol–water partition coefficient (Wildman–Crippen LogP) is 2.81. The lowest BCUT2D eigenvalue weighted by atomic mass is 10.3. The second kappa shape index (κ2) is 7.45. The van der Waals surface area contributed by atoms with E-state index in [0.29, 0.717) is 4.88 Å². The number of amides is 1. The van der Waals surface area contributed by atoms with Crippen molar-refractivity contribution in [3.63, 3.8) is 0 Å². The summed E-state index contributed by atoms with van der Waals surface area (Å²) in [5.74, 6) is -0.997. The number of nitrogens with zero attached hydrogens (tertiary/aromatic N) is 1. The molecule has 0 atom stereocenters. The lowest BCUT2D eigenvalue weighted by Crippen LogP contribution is -2.09. The van der Waals surface area contributed by atoms with Crippen LogP contribution >= 0.6 is 11.3 Å². The first kappa shape index (κ1) is 18.6. The summed E-state index contributed by atoms with van der Waals surface area (Å²) in [4.78, 5) is 22.5. The minimum absolute atomic E-state index is 0.0130. The Hall–Kier alpha value is -2.72. The second-order valence-electron chi connectivity index (χ2n) is 4.84. The first-order valence-corrected chi connectivity index (χ1v) is 9.49. The molecule has 10 heteroatoms. The molecule has 1 aromatic carbocycles. The molecule has 0 aliphatic carbocycles. The van der Waals surface area contributed by atoms with Crippen molar-refractivity contribution in [2.45, 2.75) is 11.8 Å². The highest BCUT2D eigenvalue weighted by Gasteiger charge is 2.15. The number of hydrogen-bond donors (Lipinski definition) is 2. The zero-order chi connectivity index (χ0) is 18.6. The van der Waals surface area contributed by atoms with Gasteiger partial charge in [-0.25, -0.2) is 8.42 Å². The van der Waals surface area contributed by atoms with E-state index in [9.17, 15) is 28.4 Å². The molecule has 0 aliphatic rings. The third kappa shape index (κ3) is 4.64. The van der Waals surface area contributed by atoms with Gasteiger partial charge >= 0.3 is 5.00 Å². The Morgan fingerprint density at radius 3 is 2.68 bits per heavy atom. The number of hydrogen-bond acceptors (Lipinski definition) is 7. The van der Waals surface area contributed by atoms with E-state index in [-0.39, 0.29) is 27.1 Å². The van der Waals surface area contributed by atoms with Gasteiger partial charge < -0.3 is 10.4 Å². The van der Waals surface area contributed by atoms with Gasteiger partial charge in [-0.1, -0.05) is 18.3 Å². The zero-order valence-electron chi connectivity index (χ0n) is 13.0. The van der Waals surface area contributed by atoms with Crippen molar-refractivity contribution < 1.29 is 23.2 Å². The first-order valence-electron chi connectivity index (χ1n) is 7.02. The molecular formula is C15H14N2O6S2. The summed E-state index contributed by atoms with van der Waals surface area (Å²) >= 11 is 0.907. The number of phenolic OH excluding ortho intramolecular Hbond substituents is 1. The third-order valence-electron chi connectivity index (χ3n) is 3.16. The van der Waals surface area contributed by atoms with E-state index >= 15 is 0 Å². The molecule has 1 aromatic heterocycles. The van der Waals surface area contributed by atoms with Crippen LogP contribution in [0.4, 0.5) is 10.7 Å². The number of sulfone groups is 1. The summed E-state index contributed by atoms with van der Waals surface area (Å²) in [5.41, 5.74) is -0.0404. The average Bonchev–Trinajstić information content (AvgIpc) is 3.04. The van der Waals surface area contributed by atoms with Crippen LogP contribution in [0.2, 0.25) is 0 Å². The van der Waals surface area contributed by atoms with Gasteiger partial charge in [0.1, 0.15) is 5.75 Å². The fourth-order valence-corrected chi connectivity index (χ4v) is 3.47. The van der Waals surface area contributed by atoms with Gasteiger partial charge in [0.05, 0.1) is 21.3 Å². The molecule has 0 radical (unpaired) electrons. The van der Waals surface area contributed by atoms with Crippen molar-refractivity contribution in [1.29, 1.82) is 0 Å². The largest absolute Gasteiger partial charge is 0.506 e. The van der Waals surface area contributed by atoms with E-state index in [0.717, 1.165) is 17.4 Å². The second-order valence-corrected chi connectivity index (χ2v) is 8.21. The molecule has 8 nitrogen and oxygen atoms in total. The fraction of sp³-hybridized carbons (Fsp3) is 0.133. The Kier molecular flexibility index (Phi) is 5.55.